The van der Waals surface area contributed by atoms with Crippen molar-refractivity contribution in [3.05, 3.63) is 58.2 Å². The number of ketones is 1. The summed E-state index contributed by atoms with van der Waals surface area (Å²) in [5, 5.41) is 0. The standard InChI is InChI=1S/C13H10BrNO2/c1-17-12-7-3-6-11(15-12)13(16)9-4-2-5-10(14)8-9/h2-8H,1H3. The highest BCUT2D eigenvalue weighted by molar-refractivity contribution is 9.10. The molecule has 1 aromatic heterocycles. The maximum Gasteiger partial charge on any atom is 0.213 e. The Morgan fingerprint density at radius 1 is 1.24 bits per heavy atom. The molecule has 17 heavy (non-hydrogen) atoms. The number of nitrogens with zero attached hydrogens (tertiary/aromatic N) is 1. The van der Waals surface area contributed by atoms with E-state index in [1.807, 2.05) is 12.1 Å². The lowest BCUT2D eigenvalue weighted by atomic mass is 10.1. The summed E-state index contributed by atoms with van der Waals surface area (Å²) >= 11 is 3.33. The van der Waals surface area contributed by atoms with Crippen LogP contribution in [-0.4, -0.2) is 17.9 Å². The number of benzene rings is 1. The Balaban J connectivity index is 2.36. The van der Waals surface area contributed by atoms with Gasteiger partial charge < -0.3 is 4.74 Å². The van der Waals surface area contributed by atoms with E-state index < -0.39 is 0 Å². The van der Waals surface area contributed by atoms with E-state index in [-0.39, 0.29) is 5.78 Å². The molecule has 0 atom stereocenters. The number of methoxy groups -OCH3 is 1. The summed E-state index contributed by atoms with van der Waals surface area (Å²) in [6, 6.07) is 12.3. The second-order valence-corrected chi connectivity index (χ2v) is 4.32. The van der Waals surface area contributed by atoms with Crippen LogP contribution in [0.2, 0.25) is 0 Å². The first-order valence-electron chi connectivity index (χ1n) is 5.02. The number of rotatable bonds is 3. The van der Waals surface area contributed by atoms with Gasteiger partial charge in [0.15, 0.2) is 0 Å². The number of hydrogen-bond acceptors (Lipinski definition) is 3. The van der Waals surface area contributed by atoms with Crippen molar-refractivity contribution in [1.29, 1.82) is 0 Å². The van der Waals surface area contributed by atoms with Crippen molar-refractivity contribution in [3.63, 3.8) is 0 Å². The molecule has 3 nitrogen and oxygen atoms in total. The van der Waals surface area contributed by atoms with Gasteiger partial charge in [-0.15, -0.1) is 0 Å². The zero-order valence-corrected chi connectivity index (χ0v) is 10.8. The lowest BCUT2D eigenvalue weighted by Gasteiger charge is -2.03. The molecule has 0 aliphatic carbocycles. The number of carbonyl (C=O) groups excluding carboxylic acids is 1. The van der Waals surface area contributed by atoms with Crippen LogP contribution in [0.3, 0.4) is 0 Å². The molecule has 0 bridgehead atoms. The molecule has 0 fully saturated rings. The molecule has 1 aromatic carbocycles. The first-order valence-corrected chi connectivity index (χ1v) is 5.81. The minimum atomic E-state index is -0.120. The highest BCUT2D eigenvalue weighted by Gasteiger charge is 2.11. The molecule has 0 aliphatic rings. The molecule has 0 saturated carbocycles. The van der Waals surface area contributed by atoms with Gasteiger partial charge in [-0.1, -0.05) is 34.1 Å². The second-order valence-electron chi connectivity index (χ2n) is 3.40. The predicted octanol–water partition coefficient (Wildman–Crippen LogP) is 3.08. The predicted molar refractivity (Wildman–Crippen MR) is 68.4 cm³/mol. The van der Waals surface area contributed by atoms with Gasteiger partial charge in [0.2, 0.25) is 11.7 Å². The molecule has 0 aliphatic heterocycles. The summed E-state index contributed by atoms with van der Waals surface area (Å²) in [7, 11) is 1.52. The number of pyridine rings is 1. The van der Waals surface area contributed by atoms with Gasteiger partial charge in [0.1, 0.15) is 5.69 Å². The lowest BCUT2D eigenvalue weighted by molar-refractivity contribution is 0.103. The number of carbonyl (C=O) groups is 1. The summed E-state index contributed by atoms with van der Waals surface area (Å²) in [5.74, 6) is 0.316. The van der Waals surface area contributed by atoms with E-state index >= 15 is 0 Å². The van der Waals surface area contributed by atoms with E-state index in [0.717, 1.165) is 4.47 Å². The van der Waals surface area contributed by atoms with Crippen molar-refractivity contribution >= 4 is 21.7 Å². The monoisotopic (exact) mass is 291 g/mol. The average Bonchev–Trinajstić information content (AvgIpc) is 2.38. The molecule has 2 rings (SSSR count). The Bertz CT molecular complexity index is 555. The van der Waals surface area contributed by atoms with Gasteiger partial charge in [-0.3, -0.25) is 4.79 Å². The van der Waals surface area contributed by atoms with E-state index in [4.69, 9.17) is 4.74 Å². The van der Waals surface area contributed by atoms with Gasteiger partial charge in [-0.25, -0.2) is 4.98 Å². The maximum atomic E-state index is 12.1. The van der Waals surface area contributed by atoms with Crippen LogP contribution in [0.15, 0.2) is 46.9 Å². The van der Waals surface area contributed by atoms with Gasteiger partial charge >= 0.3 is 0 Å². The van der Waals surface area contributed by atoms with E-state index in [0.29, 0.717) is 17.1 Å². The Kier molecular flexibility index (Phi) is 3.54. The molecule has 86 valence electrons. The Labute approximate surface area is 108 Å². The molecule has 1 heterocycles. The van der Waals surface area contributed by atoms with Crippen molar-refractivity contribution in [2.75, 3.05) is 7.11 Å². The Morgan fingerprint density at radius 2 is 2.00 bits per heavy atom. The van der Waals surface area contributed by atoms with Gasteiger partial charge in [0, 0.05) is 16.1 Å². The second kappa shape index (κ2) is 5.10. The minimum absolute atomic E-state index is 0.120. The molecular formula is C13H10BrNO2. The van der Waals surface area contributed by atoms with Crippen LogP contribution in [0.4, 0.5) is 0 Å². The SMILES string of the molecule is COc1cccc(C(=O)c2cccc(Br)c2)n1. The highest BCUT2D eigenvalue weighted by Crippen LogP contribution is 2.16. The van der Waals surface area contributed by atoms with Gasteiger partial charge in [0.05, 0.1) is 7.11 Å². The average molecular weight is 292 g/mol. The van der Waals surface area contributed by atoms with Crippen molar-refractivity contribution in [2.24, 2.45) is 0 Å². The molecule has 0 spiro atoms. The van der Waals surface area contributed by atoms with Crippen molar-refractivity contribution in [1.82, 2.24) is 4.98 Å². The number of hydrogen-bond donors (Lipinski definition) is 0. The first kappa shape index (κ1) is 11.8. The van der Waals surface area contributed by atoms with Crippen LogP contribution in [0.25, 0.3) is 0 Å². The fraction of sp³-hybridized carbons (Fsp3) is 0.0769. The number of ether oxygens (including phenoxy) is 1. The van der Waals surface area contributed by atoms with Crippen molar-refractivity contribution < 1.29 is 9.53 Å². The smallest absolute Gasteiger partial charge is 0.213 e. The van der Waals surface area contributed by atoms with Gasteiger partial charge in [0.25, 0.3) is 0 Å². The Hall–Kier alpha value is -1.68. The third-order valence-corrected chi connectivity index (χ3v) is 2.75. The van der Waals surface area contributed by atoms with Crippen LogP contribution in [0.5, 0.6) is 5.88 Å². The summed E-state index contributed by atoms with van der Waals surface area (Å²) in [6.07, 6.45) is 0. The van der Waals surface area contributed by atoms with E-state index in [1.54, 1.807) is 30.3 Å². The molecule has 0 unspecified atom stereocenters. The summed E-state index contributed by atoms with van der Waals surface area (Å²) in [4.78, 5) is 16.2. The largest absolute Gasteiger partial charge is 0.481 e. The molecule has 0 saturated heterocycles. The van der Waals surface area contributed by atoms with Gasteiger partial charge in [-0.05, 0) is 18.2 Å². The topological polar surface area (TPSA) is 39.2 Å². The molecular weight excluding hydrogens is 282 g/mol. The van der Waals surface area contributed by atoms with E-state index in [2.05, 4.69) is 20.9 Å². The van der Waals surface area contributed by atoms with Crippen LogP contribution in [-0.2, 0) is 0 Å². The van der Waals surface area contributed by atoms with Gasteiger partial charge in [-0.2, -0.15) is 0 Å². The van der Waals surface area contributed by atoms with E-state index in [9.17, 15) is 4.79 Å². The third kappa shape index (κ3) is 2.71. The quantitative estimate of drug-likeness (QED) is 0.816. The zero-order chi connectivity index (χ0) is 12.3. The minimum Gasteiger partial charge on any atom is -0.481 e. The summed E-state index contributed by atoms with van der Waals surface area (Å²) in [5.41, 5.74) is 0.975. The number of aromatic nitrogens is 1. The van der Waals surface area contributed by atoms with Crippen LogP contribution >= 0.6 is 15.9 Å². The molecule has 0 amide bonds. The fourth-order valence-corrected chi connectivity index (χ4v) is 1.83. The van der Waals surface area contributed by atoms with Crippen molar-refractivity contribution in [2.45, 2.75) is 0 Å². The lowest BCUT2D eigenvalue weighted by Crippen LogP contribution is -2.04. The highest BCUT2D eigenvalue weighted by atomic mass is 79.9. The molecule has 0 radical (unpaired) electrons. The third-order valence-electron chi connectivity index (χ3n) is 2.25. The van der Waals surface area contributed by atoms with Crippen molar-refractivity contribution in [3.8, 4) is 5.88 Å². The molecule has 4 heteroatoms. The van der Waals surface area contributed by atoms with Crippen LogP contribution < -0.4 is 4.74 Å². The fourth-order valence-electron chi connectivity index (χ4n) is 1.43. The normalized spacial score (nSPS) is 10.0. The van der Waals surface area contributed by atoms with Crippen LogP contribution in [0.1, 0.15) is 16.1 Å². The van der Waals surface area contributed by atoms with E-state index in [1.165, 1.54) is 7.11 Å². The van der Waals surface area contributed by atoms with Crippen LogP contribution in [0, 0.1) is 0 Å². The maximum absolute atomic E-state index is 12.1. The molecule has 2 aromatic rings. The Morgan fingerprint density at radius 3 is 2.71 bits per heavy atom. The zero-order valence-electron chi connectivity index (χ0n) is 9.18. The molecule has 0 N–H and O–H groups in total. The number of halogens is 1. The summed E-state index contributed by atoms with van der Waals surface area (Å²) < 4.78 is 5.86. The first-order chi connectivity index (χ1) is 8.20. The summed E-state index contributed by atoms with van der Waals surface area (Å²) in [6.45, 7) is 0.